The van der Waals surface area contributed by atoms with Gasteiger partial charge in [-0.1, -0.05) is 58.6 Å². The van der Waals surface area contributed by atoms with Crippen molar-refractivity contribution in [2.24, 2.45) is 11.8 Å². The molecule has 2 amide bonds. The quantitative estimate of drug-likeness (QED) is 0.0137. The molecule has 0 bridgehead atoms. The van der Waals surface area contributed by atoms with Crippen LogP contribution in [0.4, 0.5) is 62.0 Å². The number of nitrogen functional groups attached to an aromatic ring is 6. The second-order valence-electron chi connectivity index (χ2n) is 29.1. The number of terminal acetylenes is 1. The first-order valence-electron chi connectivity index (χ1n) is 40.5. The molecule has 5 fully saturated rings. The van der Waals surface area contributed by atoms with Crippen LogP contribution in [0.1, 0.15) is 111 Å². The first kappa shape index (κ1) is 131. The van der Waals surface area contributed by atoms with Gasteiger partial charge in [0.2, 0.25) is 59.2 Å². The van der Waals surface area contributed by atoms with Gasteiger partial charge >= 0.3 is 57.3 Å². The Morgan fingerprint density at radius 3 is 1.28 bits per heavy atom. The van der Waals surface area contributed by atoms with Gasteiger partial charge in [-0.25, -0.2) is 18.7 Å². The van der Waals surface area contributed by atoms with Gasteiger partial charge in [-0.15, -0.1) is 6.42 Å². The number of H-pyrrole nitrogens is 4. The van der Waals surface area contributed by atoms with Crippen LogP contribution in [0.25, 0.3) is 66.2 Å². The number of nitrogens with one attached hydrogen (secondary N) is 6. The number of methoxy groups -OCH3 is 4. The number of nitrogens with zero attached hydrogens (tertiary/aromatic N) is 20. The number of aliphatic hydroxyl groups excluding tert-OH is 7. The average Bonchev–Trinajstić information content (AvgIpc) is 1.61. The SMILES string of the molecule is C.C#CCNC(=O)C(F)(F)F.CC[C@H]1O[C@@H](n2nc(I)c3c(OC)nc(N)nc32)C[C@H]1C.CC[C@H]1O[C@H](Cl)C[C@H]1C.CO.COc1nc(N)nc2[nH]ncc12.COc1nc(N)nc2c1c(I)nn2[C@H]1C[C@@H](O)[C@@H](CO)O1.COc1nc(N)nc2n[nH]c(I)c12.ClI.Nc1nc2c(c(C#CCNC(=O)C(F)(F)F)nn2[C@H]2C[C@@H](O)[C@@H](CO)O2)c(=O)[nH]1.Nc1nc2c(c(I)nn2[C@H]2C[C@@H](O)[C@@H](CO)O2)c(=O)[nH]1.[CH3-].[CH3-].[Cu+][I].[Pd]. The number of aromatic nitrogens is 24. The Morgan fingerprint density at radius 1 is 0.538 bits per heavy atom. The van der Waals surface area contributed by atoms with Crippen molar-refractivity contribution in [3.8, 4) is 47.7 Å². The molecule has 0 unspecified atom stereocenters. The molecule has 52 nitrogen and oxygen atoms in total. The van der Waals surface area contributed by atoms with Crippen molar-refractivity contribution in [2.45, 2.75) is 172 Å². The Bertz CT molecular complexity index is 6320. The zero-order chi connectivity index (χ0) is 105. The Balaban J connectivity index is 0.000000431. The van der Waals surface area contributed by atoms with Crippen LogP contribution >= 0.6 is 153 Å². The number of aromatic amines is 4. The molecule has 0 spiro atoms. The van der Waals surface area contributed by atoms with Crippen LogP contribution in [0.3, 0.4) is 0 Å². The average molecular weight is 2910 g/mol. The van der Waals surface area contributed by atoms with E-state index in [-0.39, 0.29) is 145 Å². The number of amides is 2. The van der Waals surface area contributed by atoms with Gasteiger partial charge in [0.1, 0.15) is 71.0 Å². The van der Waals surface area contributed by atoms with Crippen LogP contribution in [-0.4, -0.2) is 302 Å². The number of hydrogen-bond donors (Lipinski definition) is 19. The van der Waals surface area contributed by atoms with E-state index in [1.807, 2.05) is 55.8 Å². The summed E-state index contributed by atoms with van der Waals surface area (Å²) in [5.41, 5.74) is 34.7. The number of rotatable bonds is 15. The van der Waals surface area contributed by atoms with Crippen molar-refractivity contribution >= 4 is 266 Å². The van der Waals surface area contributed by atoms with E-state index in [0.717, 1.165) is 61.0 Å². The molecular weight excluding hydrogens is 2810 g/mol. The van der Waals surface area contributed by atoms with Gasteiger partial charge in [0.05, 0.1) is 98.1 Å². The summed E-state index contributed by atoms with van der Waals surface area (Å²) in [7, 11) is 11.7. The van der Waals surface area contributed by atoms with E-state index in [2.05, 4.69) is 213 Å². The van der Waals surface area contributed by atoms with Crippen LogP contribution in [-0.2, 0) is 66.5 Å². The van der Waals surface area contributed by atoms with Gasteiger partial charge < -0.3 is 138 Å². The third-order valence-corrected chi connectivity index (χ3v) is 23.4. The molecule has 5 aliphatic rings. The van der Waals surface area contributed by atoms with E-state index in [4.69, 9.17) is 104 Å². The first-order valence-corrected chi connectivity index (χ1v) is 51.0. The Labute approximate surface area is 930 Å². The van der Waals surface area contributed by atoms with E-state index >= 15 is 0 Å². The maximum absolute atomic E-state index is 12.3. The maximum atomic E-state index is 12.3. The van der Waals surface area contributed by atoms with E-state index in [0.29, 0.717) is 94.3 Å². The molecule has 5 saturated heterocycles. The molecule has 5 aliphatic heterocycles. The molecular formula is C77H103Cl2CuF6I6N32O20Pd-. The molecule has 17 heterocycles. The number of alkyl halides is 7. The summed E-state index contributed by atoms with van der Waals surface area (Å²) in [6, 6.07) is 0. The van der Waals surface area contributed by atoms with Crippen molar-refractivity contribution in [3.05, 3.63) is 62.3 Å². The number of hydrogen-bond acceptors (Lipinski definition) is 42. The van der Waals surface area contributed by atoms with Gasteiger partial charge in [-0.05, 0) is 143 Å². The zero-order valence-corrected chi connectivity index (χ0v) is 94.0. The number of carbonyl (C=O) groups is 2. The largest absolute Gasteiger partial charge is 0 e. The van der Waals surface area contributed by atoms with Crippen LogP contribution < -0.4 is 75.1 Å². The summed E-state index contributed by atoms with van der Waals surface area (Å²) in [5.74, 6) is 5.50. The summed E-state index contributed by atoms with van der Waals surface area (Å²) in [6.45, 7) is 6.63. The maximum Gasteiger partial charge on any atom is 0 e. The summed E-state index contributed by atoms with van der Waals surface area (Å²) >= 11 is 21.5. The van der Waals surface area contributed by atoms with E-state index in [9.17, 15) is 65.9 Å². The van der Waals surface area contributed by atoms with E-state index in [1.165, 1.54) is 36.0 Å². The van der Waals surface area contributed by atoms with E-state index in [1.54, 1.807) is 60.4 Å². The van der Waals surface area contributed by atoms with Crippen molar-refractivity contribution < 1.29 is 147 Å². The molecule has 12 aromatic rings. The number of aliphatic hydroxyl groups is 7. The fourth-order valence-corrected chi connectivity index (χ4v) is 16.9. The van der Waals surface area contributed by atoms with Crippen LogP contribution in [0, 0.1) is 65.7 Å². The van der Waals surface area contributed by atoms with Crippen molar-refractivity contribution in [1.29, 1.82) is 0 Å². The van der Waals surface area contributed by atoms with Gasteiger partial charge in [-0.3, -0.25) is 39.3 Å². The fourth-order valence-electron chi connectivity index (χ4n) is 13.8. The molecule has 15 atom stereocenters. The molecule has 17 rings (SSSR count). The minimum Gasteiger partial charge on any atom is 0 e. The summed E-state index contributed by atoms with van der Waals surface area (Å²) in [4.78, 5) is 89.8. The predicted octanol–water partition coefficient (Wildman–Crippen LogP) is 6.11. The van der Waals surface area contributed by atoms with Crippen molar-refractivity contribution in [2.75, 3.05) is 103 Å². The van der Waals surface area contributed by atoms with Crippen molar-refractivity contribution in [1.82, 2.24) is 130 Å². The van der Waals surface area contributed by atoms with Gasteiger partial charge in [-0.2, -0.15) is 107 Å². The van der Waals surface area contributed by atoms with Gasteiger partial charge in [0.25, 0.3) is 11.1 Å². The third kappa shape index (κ3) is 34.1. The number of fused-ring (bicyclic) bond motifs is 6. The number of carbonyl (C=O) groups excluding carboxylic acids is 2. The van der Waals surface area contributed by atoms with Crippen LogP contribution in [0.2, 0.25) is 0 Å². The molecule has 0 aliphatic carbocycles. The van der Waals surface area contributed by atoms with Gasteiger partial charge in [0, 0.05) is 68.3 Å². The molecule has 0 radical (unpaired) electrons. The molecule has 0 aromatic carbocycles. The summed E-state index contributed by atoms with van der Waals surface area (Å²) in [5, 5.41) is 101. The van der Waals surface area contributed by atoms with Crippen LogP contribution in [0.5, 0.6) is 23.5 Å². The minimum absolute atomic E-state index is 0. The van der Waals surface area contributed by atoms with Crippen molar-refractivity contribution in [3.63, 3.8) is 0 Å². The second-order valence-corrected chi connectivity index (χ2v) is 33.7. The number of anilines is 6. The van der Waals surface area contributed by atoms with Gasteiger partial charge in [0.15, 0.2) is 64.5 Å². The normalized spacial score (nSPS) is 20.8. The Kier molecular flexibility index (Phi) is 55.7. The predicted molar refractivity (Wildman–Crippen MR) is 561 cm³/mol. The molecule has 0 saturated carbocycles. The topological polar surface area (TPSA) is 762 Å². The number of ether oxygens (including phenoxy) is 9. The minimum atomic E-state index is -5.04. The van der Waals surface area contributed by atoms with Crippen LogP contribution in [0.15, 0.2) is 15.8 Å². The third-order valence-electron chi connectivity index (χ3n) is 20.0. The smallest absolute Gasteiger partial charge is 0 e. The molecule has 145 heavy (non-hydrogen) atoms. The summed E-state index contributed by atoms with van der Waals surface area (Å²) < 4.78 is 128. The first-order chi connectivity index (χ1) is 67.0. The van der Waals surface area contributed by atoms with E-state index < -0.39 is 105 Å². The zero-order valence-electron chi connectivity index (χ0n) is 77.1. The summed E-state index contributed by atoms with van der Waals surface area (Å²) in [6.07, 6.45) is -5.26. The number of nitrogens with two attached hydrogens (primary N) is 6. The fraction of sp³-hybridized carbons (Fsp3) is 0.506. The second kappa shape index (κ2) is 61.5. The Morgan fingerprint density at radius 2 is 0.897 bits per heavy atom. The molecule has 25 N–H and O–H groups in total. The Hall–Kier alpha value is -7.80. The molecule has 68 heteroatoms. The number of halogens is 14. The molecule has 811 valence electrons. The monoisotopic (exact) mass is 2910 g/mol. The molecule has 12 aromatic heterocycles. The standard InChI is InChI=1S/C15H15F3N6O5.C13H18IN5O2.C11H14IN5O4.C10H12IN5O4.C7H13ClO.C6H6IN5O.C6H7N5O.C5H4F3NO.CH4O.CH4.2CH3.ClI.Cu.HI.Pd/c16-15(17,18)13(28)20-3-1-2-6-10-11(21-14(19)22-12(10)27)24(23-6)9-4-7(26)8(5-25)29-9;1-4-7-6(2)5-8(21-7)19-11-9(10(14)18-19)12(20-3)17-13(15)16-11;1-20-10-7-8(12)16-17(9(7)14-11(13)15-10)6-2-4(19)5(3-18)21-6;11-7-6-8(13-10(12)14-9(6)19)16(15-7)5-1-3(18)4(2-17)20-5;1-3-6-5(2)4-7(8)9-6;1-13-5-2-3(7)11-12-4(2)9-6(8)10-5;1-12-5-3-2-8-11-4(3)9-6(7)10-5;1-2-3-9-4(10)5(6,7)8;1-2;;;;1-2;;;/h7-9,25-26H,3-5H2,(H,20,28)(H3,19,21,22,27);6-8H,4-5H2,1-3H3,(H2,15,16,17);4-6,18-19H,2-3H2,1H3,(H2,13,14,15);3-5,17-18H,1-2H2,(H3,12,13,14,19);5-7H,3-4H2,1-2H3;1H3,(H3,8,9,10,11,12);2H,1H3,(H3,7,8,9,10,11);1H,3H2,(H,9,10);2H,1H3;1H4;2*1H3;;;1H;/q;;;;;;;;;;2*-1;;+2;;/p-1/t7-,8-,9-;6-,7-,8-;4-,5-,6-;3-,4-,5-;5-,6-,7+;;;;;;;;;;;/m11111.........../s1.